The van der Waals surface area contributed by atoms with Crippen LogP contribution < -0.4 is 11.1 Å². The number of nitrogens with one attached hydrogen (secondary N) is 2. The first kappa shape index (κ1) is 12.5. The summed E-state index contributed by atoms with van der Waals surface area (Å²) >= 11 is 0. The van der Waals surface area contributed by atoms with Gasteiger partial charge in [0.1, 0.15) is 22.4 Å². The van der Waals surface area contributed by atoms with Gasteiger partial charge < -0.3 is 31.4 Å². The Morgan fingerprint density at radius 3 is 2.60 bits per heavy atom. The lowest BCUT2D eigenvalue weighted by atomic mass is 10.1. The third-order valence-electron chi connectivity index (χ3n) is 3.52. The fourth-order valence-electron chi connectivity index (χ4n) is 2.52. The van der Waals surface area contributed by atoms with Crippen LogP contribution in [-0.4, -0.2) is 37.7 Å². The number of benzene rings is 1. The summed E-state index contributed by atoms with van der Waals surface area (Å²) in [6.45, 7) is 0.854. The van der Waals surface area contributed by atoms with E-state index in [4.69, 9.17) is 5.73 Å². The highest BCUT2D eigenvalue weighted by atomic mass is 16.3. The number of phenols is 3. The SMILES string of the molecule is NC(=O)c1c(O)c(O)c(O)c2[nH]c(C3CCCN3)nc12. The molecule has 1 aromatic heterocycles. The van der Waals surface area contributed by atoms with Crippen LogP contribution in [0.1, 0.15) is 35.1 Å². The monoisotopic (exact) mass is 278 g/mol. The second-order valence-corrected chi connectivity index (χ2v) is 4.78. The number of amides is 1. The number of aromatic hydroxyl groups is 3. The Bertz CT molecular complexity index is 703. The summed E-state index contributed by atoms with van der Waals surface area (Å²) in [6.07, 6.45) is 1.86. The van der Waals surface area contributed by atoms with E-state index in [1.807, 2.05) is 0 Å². The maximum atomic E-state index is 11.4. The Morgan fingerprint density at radius 2 is 2.00 bits per heavy atom. The van der Waals surface area contributed by atoms with E-state index in [1.54, 1.807) is 0 Å². The van der Waals surface area contributed by atoms with E-state index in [0.29, 0.717) is 5.82 Å². The van der Waals surface area contributed by atoms with Crippen LogP contribution in [-0.2, 0) is 0 Å². The molecule has 0 radical (unpaired) electrons. The summed E-state index contributed by atoms with van der Waals surface area (Å²) in [6, 6.07) is -0.0215. The van der Waals surface area contributed by atoms with Crippen molar-refractivity contribution in [3.63, 3.8) is 0 Å². The fraction of sp³-hybridized carbons (Fsp3) is 0.333. The number of primary amides is 1. The van der Waals surface area contributed by atoms with E-state index in [1.165, 1.54) is 0 Å². The summed E-state index contributed by atoms with van der Waals surface area (Å²) in [5.41, 5.74) is 5.02. The summed E-state index contributed by atoms with van der Waals surface area (Å²) in [4.78, 5) is 18.5. The van der Waals surface area contributed by atoms with Gasteiger partial charge in [-0.05, 0) is 19.4 Å². The number of aromatic nitrogens is 2. The van der Waals surface area contributed by atoms with E-state index >= 15 is 0 Å². The number of hydrogen-bond acceptors (Lipinski definition) is 6. The number of nitrogens with zero attached hydrogens (tertiary/aromatic N) is 1. The molecular formula is C12H14N4O4. The zero-order chi connectivity index (χ0) is 14.4. The van der Waals surface area contributed by atoms with E-state index in [2.05, 4.69) is 15.3 Å². The number of carbonyl (C=O) groups excluding carboxylic acids is 1. The molecule has 8 nitrogen and oxygen atoms in total. The van der Waals surface area contributed by atoms with Gasteiger partial charge in [0.05, 0.1) is 6.04 Å². The van der Waals surface area contributed by atoms with Crippen molar-refractivity contribution in [2.75, 3.05) is 6.54 Å². The van der Waals surface area contributed by atoms with Gasteiger partial charge in [-0.2, -0.15) is 0 Å². The van der Waals surface area contributed by atoms with Crippen LogP contribution in [0, 0.1) is 0 Å². The van der Waals surface area contributed by atoms with Gasteiger partial charge in [-0.1, -0.05) is 0 Å². The molecule has 0 spiro atoms. The topological polar surface area (TPSA) is 144 Å². The Balaban J connectivity index is 2.28. The maximum absolute atomic E-state index is 11.4. The minimum atomic E-state index is -0.930. The summed E-state index contributed by atoms with van der Waals surface area (Å²) in [5.74, 6) is -2.51. The number of hydrogen-bond donors (Lipinski definition) is 6. The molecule has 1 atom stereocenters. The molecule has 0 saturated carbocycles. The fourth-order valence-corrected chi connectivity index (χ4v) is 2.52. The summed E-state index contributed by atoms with van der Waals surface area (Å²) < 4.78 is 0. The second kappa shape index (κ2) is 4.27. The molecular weight excluding hydrogens is 264 g/mol. The molecule has 7 N–H and O–H groups in total. The molecule has 20 heavy (non-hydrogen) atoms. The van der Waals surface area contributed by atoms with E-state index in [0.717, 1.165) is 19.4 Å². The quantitative estimate of drug-likeness (QED) is 0.433. The maximum Gasteiger partial charge on any atom is 0.254 e. The molecule has 3 rings (SSSR count). The number of carbonyl (C=O) groups is 1. The Hall–Kier alpha value is -2.48. The number of nitrogens with two attached hydrogens (primary N) is 1. The van der Waals surface area contributed by atoms with Crippen molar-refractivity contribution in [2.24, 2.45) is 5.73 Å². The van der Waals surface area contributed by atoms with Gasteiger partial charge in [-0.3, -0.25) is 4.79 Å². The third kappa shape index (κ3) is 1.65. The number of rotatable bonds is 2. The average molecular weight is 278 g/mol. The van der Waals surface area contributed by atoms with Gasteiger partial charge >= 0.3 is 0 Å². The highest BCUT2D eigenvalue weighted by Crippen LogP contribution is 2.44. The number of fused-ring (bicyclic) bond motifs is 1. The largest absolute Gasteiger partial charge is 0.504 e. The van der Waals surface area contributed by atoms with Crippen LogP contribution in [0.2, 0.25) is 0 Å². The van der Waals surface area contributed by atoms with E-state index < -0.39 is 23.2 Å². The molecule has 1 saturated heterocycles. The van der Waals surface area contributed by atoms with Crippen LogP contribution in [0.3, 0.4) is 0 Å². The number of phenolic OH excluding ortho intramolecular Hbond substituents is 2. The lowest BCUT2D eigenvalue weighted by Crippen LogP contribution is -2.14. The van der Waals surface area contributed by atoms with Crippen molar-refractivity contribution in [3.05, 3.63) is 11.4 Å². The van der Waals surface area contributed by atoms with Gasteiger partial charge in [0.25, 0.3) is 5.91 Å². The molecule has 2 heterocycles. The van der Waals surface area contributed by atoms with Crippen LogP contribution in [0.25, 0.3) is 11.0 Å². The second-order valence-electron chi connectivity index (χ2n) is 4.78. The molecule has 1 unspecified atom stereocenters. The zero-order valence-corrected chi connectivity index (χ0v) is 10.5. The molecule has 1 amide bonds. The number of H-pyrrole nitrogens is 1. The molecule has 1 aliphatic heterocycles. The first-order valence-electron chi connectivity index (χ1n) is 6.20. The zero-order valence-electron chi connectivity index (χ0n) is 10.5. The van der Waals surface area contributed by atoms with Crippen LogP contribution in [0.15, 0.2) is 0 Å². The summed E-state index contributed by atoms with van der Waals surface area (Å²) in [5, 5.41) is 32.4. The molecule has 0 bridgehead atoms. The average Bonchev–Trinajstić information content (AvgIpc) is 3.04. The van der Waals surface area contributed by atoms with E-state index in [-0.39, 0.29) is 22.6 Å². The summed E-state index contributed by atoms with van der Waals surface area (Å²) in [7, 11) is 0. The predicted octanol–water partition coefficient (Wildman–Crippen LogP) is 0.203. The van der Waals surface area contributed by atoms with Crippen LogP contribution in [0.5, 0.6) is 17.2 Å². The standard InChI is InChI=1S/C12H14N4O4/c13-11(20)5-6-7(9(18)10(19)8(5)17)16-12(15-6)4-2-1-3-14-4/h4,14,17-19H,1-3H2,(H2,13,20)(H,15,16). The first-order chi connectivity index (χ1) is 9.50. The molecule has 1 aromatic carbocycles. The molecule has 8 heteroatoms. The Morgan fingerprint density at radius 1 is 1.25 bits per heavy atom. The normalized spacial score (nSPS) is 18.7. The van der Waals surface area contributed by atoms with Crippen molar-refractivity contribution in [2.45, 2.75) is 18.9 Å². The van der Waals surface area contributed by atoms with Crippen LogP contribution >= 0.6 is 0 Å². The van der Waals surface area contributed by atoms with Gasteiger partial charge in [-0.15, -0.1) is 0 Å². The highest BCUT2D eigenvalue weighted by Gasteiger charge is 2.27. The van der Waals surface area contributed by atoms with Gasteiger partial charge in [0.15, 0.2) is 11.5 Å². The van der Waals surface area contributed by atoms with Crippen molar-refractivity contribution < 1.29 is 20.1 Å². The molecule has 106 valence electrons. The number of aromatic amines is 1. The molecule has 0 aliphatic carbocycles. The first-order valence-corrected chi connectivity index (χ1v) is 6.20. The predicted molar refractivity (Wildman–Crippen MR) is 69.6 cm³/mol. The molecule has 1 fully saturated rings. The lowest BCUT2D eigenvalue weighted by molar-refractivity contribution is 0.0998. The van der Waals surface area contributed by atoms with Crippen molar-refractivity contribution in [1.29, 1.82) is 0 Å². The van der Waals surface area contributed by atoms with Gasteiger partial charge in [0.2, 0.25) is 5.75 Å². The minimum absolute atomic E-state index is 0.0215. The van der Waals surface area contributed by atoms with Gasteiger partial charge in [0, 0.05) is 0 Å². The minimum Gasteiger partial charge on any atom is -0.504 e. The van der Waals surface area contributed by atoms with Crippen LogP contribution in [0.4, 0.5) is 0 Å². The molecule has 1 aliphatic rings. The van der Waals surface area contributed by atoms with Crippen molar-refractivity contribution in [1.82, 2.24) is 15.3 Å². The third-order valence-corrected chi connectivity index (χ3v) is 3.52. The van der Waals surface area contributed by atoms with Crippen molar-refractivity contribution >= 4 is 16.9 Å². The molecule has 2 aromatic rings. The number of imidazole rings is 1. The highest BCUT2D eigenvalue weighted by molar-refractivity contribution is 6.09. The van der Waals surface area contributed by atoms with E-state index in [9.17, 15) is 20.1 Å². The smallest absolute Gasteiger partial charge is 0.254 e. The van der Waals surface area contributed by atoms with Gasteiger partial charge in [-0.25, -0.2) is 4.98 Å². The lowest BCUT2D eigenvalue weighted by Gasteiger charge is -2.05. The Labute approximate surface area is 113 Å². The Kier molecular flexibility index (Phi) is 2.68. The van der Waals surface area contributed by atoms with Crippen molar-refractivity contribution in [3.8, 4) is 17.2 Å².